The SMILES string of the molecule is CCc1ccccc1C(=O)N[C@H](c1ccccc1)C12CCC(CC1)CN2C. The highest BCUT2D eigenvalue weighted by molar-refractivity contribution is 5.96. The van der Waals surface area contributed by atoms with Crippen LogP contribution in [0.15, 0.2) is 54.6 Å². The lowest BCUT2D eigenvalue weighted by atomic mass is 9.65. The Morgan fingerprint density at radius 1 is 1.11 bits per heavy atom. The predicted molar refractivity (Wildman–Crippen MR) is 110 cm³/mol. The highest BCUT2D eigenvalue weighted by atomic mass is 16.1. The average Bonchev–Trinajstić information content (AvgIpc) is 2.73. The van der Waals surface area contributed by atoms with Gasteiger partial charge in [-0.25, -0.2) is 0 Å². The van der Waals surface area contributed by atoms with Crippen molar-refractivity contribution in [3.8, 4) is 0 Å². The van der Waals surface area contributed by atoms with Crippen LogP contribution in [0.4, 0.5) is 0 Å². The number of nitrogens with one attached hydrogen (secondary N) is 1. The van der Waals surface area contributed by atoms with Crippen molar-refractivity contribution >= 4 is 5.91 Å². The van der Waals surface area contributed by atoms with Crippen LogP contribution in [0.2, 0.25) is 0 Å². The molecule has 2 heterocycles. The molecule has 3 nitrogen and oxygen atoms in total. The van der Waals surface area contributed by atoms with Gasteiger partial charge in [-0.2, -0.15) is 0 Å². The van der Waals surface area contributed by atoms with E-state index < -0.39 is 0 Å². The van der Waals surface area contributed by atoms with Crippen LogP contribution < -0.4 is 5.32 Å². The number of carbonyl (C=O) groups is 1. The quantitative estimate of drug-likeness (QED) is 0.843. The van der Waals surface area contributed by atoms with Gasteiger partial charge in [-0.1, -0.05) is 55.5 Å². The summed E-state index contributed by atoms with van der Waals surface area (Å²) in [7, 11) is 2.24. The van der Waals surface area contributed by atoms with Crippen molar-refractivity contribution in [2.75, 3.05) is 13.6 Å². The molecule has 27 heavy (non-hydrogen) atoms. The smallest absolute Gasteiger partial charge is 0.252 e. The molecule has 0 spiro atoms. The van der Waals surface area contributed by atoms with Crippen molar-refractivity contribution in [2.24, 2.45) is 5.92 Å². The van der Waals surface area contributed by atoms with Gasteiger partial charge in [0, 0.05) is 17.6 Å². The molecule has 2 aliphatic heterocycles. The first-order valence-electron chi connectivity index (χ1n) is 10.3. The molecule has 0 radical (unpaired) electrons. The monoisotopic (exact) mass is 362 g/mol. The summed E-state index contributed by atoms with van der Waals surface area (Å²) in [5.41, 5.74) is 3.16. The summed E-state index contributed by atoms with van der Waals surface area (Å²) in [6, 6.07) is 18.5. The van der Waals surface area contributed by atoms with Crippen LogP contribution in [0.3, 0.4) is 0 Å². The third kappa shape index (κ3) is 3.29. The molecule has 1 aliphatic carbocycles. The van der Waals surface area contributed by atoms with Gasteiger partial charge in [0.15, 0.2) is 0 Å². The Balaban J connectivity index is 1.70. The lowest BCUT2D eigenvalue weighted by molar-refractivity contribution is -0.0404. The fourth-order valence-corrected chi connectivity index (χ4v) is 5.25. The number of likely N-dealkylation sites (N-methyl/N-ethyl adjacent to an activating group) is 1. The molecular weight excluding hydrogens is 332 g/mol. The summed E-state index contributed by atoms with van der Waals surface area (Å²) < 4.78 is 0. The number of piperidine rings is 2. The van der Waals surface area contributed by atoms with Gasteiger partial charge in [0.2, 0.25) is 0 Å². The Labute approximate surface area is 162 Å². The number of fused-ring (bicyclic) bond motifs is 3. The molecule has 1 N–H and O–H groups in total. The number of rotatable bonds is 5. The lowest BCUT2D eigenvalue weighted by Gasteiger charge is -2.57. The van der Waals surface area contributed by atoms with E-state index in [1.54, 1.807) is 0 Å². The number of hydrogen-bond donors (Lipinski definition) is 1. The highest BCUT2D eigenvalue weighted by Gasteiger charge is 2.50. The van der Waals surface area contributed by atoms with Crippen molar-refractivity contribution in [3.63, 3.8) is 0 Å². The number of benzene rings is 2. The van der Waals surface area contributed by atoms with E-state index in [0.29, 0.717) is 0 Å². The molecule has 0 aromatic heterocycles. The zero-order valence-corrected chi connectivity index (χ0v) is 16.4. The van der Waals surface area contributed by atoms with Gasteiger partial charge in [0.25, 0.3) is 5.91 Å². The lowest BCUT2D eigenvalue weighted by Crippen LogP contribution is -2.62. The summed E-state index contributed by atoms with van der Waals surface area (Å²) in [5, 5.41) is 3.46. The number of nitrogens with zero attached hydrogens (tertiary/aromatic N) is 1. The Bertz CT molecular complexity index is 793. The van der Waals surface area contributed by atoms with E-state index in [0.717, 1.165) is 42.9 Å². The van der Waals surface area contributed by atoms with Gasteiger partial charge in [0.05, 0.1) is 6.04 Å². The molecule has 2 saturated heterocycles. The van der Waals surface area contributed by atoms with Gasteiger partial charge in [-0.15, -0.1) is 0 Å². The van der Waals surface area contributed by atoms with E-state index in [2.05, 4.69) is 54.5 Å². The van der Waals surface area contributed by atoms with Gasteiger partial charge in [0.1, 0.15) is 0 Å². The molecule has 1 saturated carbocycles. The first kappa shape index (κ1) is 18.2. The molecule has 2 aromatic rings. The van der Waals surface area contributed by atoms with Gasteiger partial charge in [-0.05, 0) is 62.3 Å². The normalized spacial score (nSPS) is 25.9. The third-order valence-corrected chi connectivity index (χ3v) is 6.85. The summed E-state index contributed by atoms with van der Waals surface area (Å²) in [6.45, 7) is 3.25. The maximum atomic E-state index is 13.3. The number of aryl methyl sites for hydroxylation is 1. The first-order chi connectivity index (χ1) is 13.1. The van der Waals surface area contributed by atoms with Crippen molar-refractivity contribution in [1.82, 2.24) is 10.2 Å². The van der Waals surface area contributed by atoms with Crippen LogP contribution in [0.25, 0.3) is 0 Å². The Kier molecular flexibility index (Phi) is 5.05. The van der Waals surface area contributed by atoms with E-state index in [4.69, 9.17) is 0 Å². The molecular formula is C24H30N2O. The number of carbonyl (C=O) groups excluding carboxylic acids is 1. The number of amides is 1. The molecule has 1 amide bonds. The van der Waals surface area contributed by atoms with E-state index in [-0.39, 0.29) is 17.5 Å². The van der Waals surface area contributed by atoms with Gasteiger partial charge < -0.3 is 5.32 Å². The van der Waals surface area contributed by atoms with E-state index in [9.17, 15) is 4.79 Å². The largest absolute Gasteiger partial charge is 0.343 e. The molecule has 5 rings (SSSR count). The zero-order chi connectivity index (χ0) is 18.9. The second-order valence-corrected chi connectivity index (χ2v) is 8.26. The maximum Gasteiger partial charge on any atom is 0.252 e. The summed E-state index contributed by atoms with van der Waals surface area (Å²) in [6.07, 6.45) is 5.73. The Morgan fingerprint density at radius 3 is 2.44 bits per heavy atom. The van der Waals surface area contributed by atoms with E-state index >= 15 is 0 Å². The molecule has 0 unspecified atom stereocenters. The minimum absolute atomic E-state index is 0.0161. The minimum atomic E-state index is 0.0161. The van der Waals surface area contributed by atoms with Crippen LogP contribution in [-0.2, 0) is 6.42 Å². The maximum absolute atomic E-state index is 13.3. The topological polar surface area (TPSA) is 32.3 Å². The molecule has 142 valence electrons. The fourth-order valence-electron chi connectivity index (χ4n) is 5.25. The predicted octanol–water partition coefficient (Wildman–Crippen LogP) is 4.59. The summed E-state index contributed by atoms with van der Waals surface area (Å²) in [5.74, 6) is 0.876. The number of hydrogen-bond acceptors (Lipinski definition) is 2. The van der Waals surface area contributed by atoms with Crippen LogP contribution in [0, 0.1) is 5.92 Å². The molecule has 1 atom stereocenters. The third-order valence-electron chi connectivity index (χ3n) is 6.85. The highest BCUT2D eigenvalue weighted by Crippen LogP contribution is 2.49. The molecule has 2 aromatic carbocycles. The van der Waals surface area contributed by atoms with Crippen molar-refractivity contribution in [3.05, 3.63) is 71.3 Å². The molecule has 3 fully saturated rings. The minimum Gasteiger partial charge on any atom is -0.343 e. The average molecular weight is 363 g/mol. The van der Waals surface area contributed by atoms with Crippen molar-refractivity contribution in [1.29, 1.82) is 0 Å². The fraction of sp³-hybridized carbons (Fsp3) is 0.458. The van der Waals surface area contributed by atoms with E-state index in [1.165, 1.54) is 18.4 Å². The van der Waals surface area contributed by atoms with Crippen LogP contribution >= 0.6 is 0 Å². The van der Waals surface area contributed by atoms with E-state index in [1.807, 2.05) is 24.3 Å². The van der Waals surface area contributed by atoms with Gasteiger partial charge in [-0.3, -0.25) is 9.69 Å². The van der Waals surface area contributed by atoms with Crippen LogP contribution in [-0.4, -0.2) is 29.9 Å². The molecule has 2 bridgehead atoms. The van der Waals surface area contributed by atoms with Crippen molar-refractivity contribution < 1.29 is 4.79 Å². The summed E-state index contributed by atoms with van der Waals surface area (Å²) in [4.78, 5) is 15.8. The first-order valence-corrected chi connectivity index (χ1v) is 10.3. The zero-order valence-electron chi connectivity index (χ0n) is 16.4. The Morgan fingerprint density at radius 2 is 1.78 bits per heavy atom. The van der Waals surface area contributed by atoms with Crippen LogP contribution in [0.1, 0.15) is 60.1 Å². The molecule has 3 heteroatoms. The Hall–Kier alpha value is -2.13. The van der Waals surface area contributed by atoms with Crippen molar-refractivity contribution in [2.45, 2.75) is 50.6 Å². The van der Waals surface area contributed by atoms with Gasteiger partial charge >= 0.3 is 0 Å². The van der Waals surface area contributed by atoms with Crippen LogP contribution in [0.5, 0.6) is 0 Å². The standard InChI is InChI=1S/C24H30N2O/c1-3-19-9-7-8-12-21(19)23(27)25-22(20-10-5-4-6-11-20)24-15-13-18(14-16-24)17-26(24)2/h4-12,18,22H,3,13-17H2,1-2H3,(H,25,27)/t18?,22-,24?/m1/s1. The second-order valence-electron chi connectivity index (χ2n) is 8.26. The summed E-state index contributed by atoms with van der Waals surface area (Å²) >= 11 is 0. The second kappa shape index (κ2) is 7.47. The molecule has 3 aliphatic rings.